The molecule has 27 heavy (non-hydrogen) atoms. The SMILES string of the molecule is CCOC(=O)CC1c2ccc(O)cc2OC(=O)C1c1ccc(N([O-])O)cc1. The number of carbonyl (C=O) groups excluding carboxylic acids is 2. The van der Waals surface area contributed by atoms with Gasteiger partial charge in [0.2, 0.25) is 0 Å². The summed E-state index contributed by atoms with van der Waals surface area (Å²) in [4.78, 5) is 24.8. The van der Waals surface area contributed by atoms with E-state index in [1.807, 2.05) is 0 Å². The van der Waals surface area contributed by atoms with Crippen molar-refractivity contribution >= 4 is 17.6 Å². The number of esters is 2. The van der Waals surface area contributed by atoms with Crippen molar-refractivity contribution in [1.29, 1.82) is 0 Å². The maximum Gasteiger partial charge on any atom is 0.319 e. The molecule has 2 aromatic rings. The molecule has 0 radical (unpaired) electrons. The van der Waals surface area contributed by atoms with E-state index in [1.54, 1.807) is 13.0 Å². The molecule has 3 rings (SSSR count). The summed E-state index contributed by atoms with van der Waals surface area (Å²) in [5.74, 6) is -2.28. The van der Waals surface area contributed by atoms with Gasteiger partial charge in [-0.25, -0.2) is 0 Å². The third-order valence-corrected chi connectivity index (χ3v) is 4.43. The number of phenols is 1. The van der Waals surface area contributed by atoms with Gasteiger partial charge in [-0.05, 0) is 30.7 Å². The normalized spacial score (nSPS) is 18.4. The van der Waals surface area contributed by atoms with Crippen molar-refractivity contribution < 1.29 is 29.4 Å². The Morgan fingerprint density at radius 3 is 2.59 bits per heavy atom. The van der Waals surface area contributed by atoms with Crippen LogP contribution in [0.4, 0.5) is 5.69 Å². The predicted molar refractivity (Wildman–Crippen MR) is 94.5 cm³/mol. The lowest BCUT2D eigenvalue weighted by atomic mass is 9.77. The Morgan fingerprint density at radius 2 is 1.96 bits per heavy atom. The number of ether oxygens (including phenoxy) is 2. The number of hydrogen-bond acceptors (Lipinski definition) is 8. The lowest BCUT2D eigenvalue weighted by Gasteiger charge is -2.32. The molecule has 0 amide bonds. The summed E-state index contributed by atoms with van der Waals surface area (Å²) < 4.78 is 10.4. The van der Waals surface area contributed by atoms with E-state index in [9.17, 15) is 19.9 Å². The van der Waals surface area contributed by atoms with E-state index in [0.29, 0.717) is 11.1 Å². The van der Waals surface area contributed by atoms with Crippen LogP contribution in [0.1, 0.15) is 36.3 Å². The Bertz CT molecular complexity index is 848. The molecular formula is C19H18NO7-. The lowest BCUT2D eigenvalue weighted by Crippen LogP contribution is -2.31. The van der Waals surface area contributed by atoms with Crippen LogP contribution in [0.3, 0.4) is 0 Å². The van der Waals surface area contributed by atoms with Crippen molar-refractivity contribution in [2.24, 2.45) is 0 Å². The number of aromatic hydroxyl groups is 1. The Labute approximate surface area is 155 Å². The molecule has 0 saturated heterocycles. The zero-order chi connectivity index (χ0) is 19.6. The minimum absolute atomic E-state index is 0.00944. The van der Waals surface area contributed by atoms with Crippen molar-refractivity contribution in [3.63, 3.8) is 0 Å². The van der Waals surface area contributed by atoms with Gasteiger partial charge in [-0.1, -0.05) is 18.2 Å². The van der Waals surface area contributed by atoms with Crippen LogP contribution in [0.25, 0.3) is 0 Å². The Balaban J connectivity index is 2.02. The van der Waals surface area contributed by atoms with Gasteiger partial charge in [0.05, 0.1) is 24.6 Å². The minimum Gasteiger partial charge on any atom is -0.733 e. The lowest BCUT2D eigenvalue weighted by molar-refractivity contribution is -0.144. The zero-order valence-electron chi connectivity index (χ0n) is 14.5. The van der Waals surface area contributed by atoms with E-state index < -0.39 is 23.8 Å². The molecule has 0 fully saturated rings. The van der Waals surface area contributed by atoms with Gasteiger partial charge < -0.3 is 25.0 Å². The highest BCUT2D eigenvalue weighted by molar-refractivity contribution is 5.86. The number of phenolic OH excluding ortho intramolecular Hbond substituents is 1. The monoisotopic (exact) mass is 372 g/mol. The molecule has 2 aromatic carbocycles. The van der Waals surface area contributed by atoms with Crippen LogP contribution in [-0.4, -0.2) is 28.9 Å². The highest BCUT2D eigenvalue weighted by atomic mass is 16.8. The first-order chi connectivity index (χ1) is 12.9. The van der Waals surface area contributed by atoms with Gasteiger partial charge in [0, 0.05) is 17.5 Å². The largest absolute Gasteiger partial charge is 0.733 e. The van der Waals surface area contributed by atoms with E-state index >= 15 is 0 Å². The molecule has 1 aliphatic heterocycles. The molecule has 142 valence electrons. The average molecular weight is 372 g/mol. The number of anilines is 1. The first-order valence-electron chi connectivity index (χ1n) is 8.37. The second kappa shape index (κ2) is 7.65. The highest BCUT2D eigenvalue weighted by Gasteiger charge is 2.40. The van der Waals surface area contributed by atoms with Crippen molar-refractivity contribution in [2.75, 3.05) is 11.8 Å². The molecule has 2 unspecified atom stereocenters. The zero-order valence-corrected chi connectivity index (χ0v) is 14.5. The van der Waals surface area contributed by atoms with E-state index in [2.05, 4.69) is 0 Å². The first-order valence-corrected chi connectivity index (χ1v) is 8.37. The number of rotatable bonds is 5. The van der Waals surface area contributed by atoms with Crippen LogP contribution in [0.2, 0.25) is 0 Å². The van der Waals surface area contributed by atoms with Gasteiger partial charge in [0.1, 0.15) is 11.5 Å². The van der Waals surface area contributed by atoms with Gasteiger partial charge in [-0.3, -0.25) is 14.8 Å². The topological polar surface area (TPSA) is 119 Å². The third kappa shape index (κ3) is 3.86. The van der Waals surface area contributed by atoms with Crippen molar-refractivity contribution in [2.45, 2.75) is 25.2 Å². The molecule has 2 N–H and O–H groups in total. The Hall–Kier alpha value is -3.10. The van der Waals surface area contributed by atoms with Crippen LogP contribution in [0.15, 0.2) is 42.5 Å². The van der Waals surface area contributed by atoms with Crippen LogP contribution >= 0.6 is 0 Å². The van der Waals surface area contributed by atoms with Crippen LogP contribution in [0, 0.1) is 5.21 Å². The fourth-order valence-electron chi connectivity index (χ4n) is 3.24. The van der Waals surface area contributed by atoms with Gasteiger partial charge >= 0.3 is 11.9 Å². The molecule has 0 spiro atoms. The molecular weight excluding hydrogens is 354 g/mol. The van der Waals surface area contributed by atoms with Gasteiger partial charge in [0.25, 0.3) is 0 Å². The smallest absolute Gasteiger partial charge is 0.319 e. The van der Waals surface area contributed by atoms with E-state index in [-0.39, 0.29) is 35.4 Å². The molecule has 1 heterocycles. The summed E-state index contributed by atoms with van der Waals surface area (Å²) in [6.07, 6.45) is -0.0547. The Kier molecular flexibility index (Phi) is 5.29. The molecule has 0 bridgehead atoms. The molecule has 8 heteroatoms. The standard InChI is InChI=1S/C19H18NO7/c1-2-26-17(22)10-15-14-8-7-13(21)9-16(14)27-19(23)18(15)11-3-5-12(6-4-11)20(24)25/h3-9,15,18,21,24H,2,10H2,1H3/q-1. The summed E-state index contributed by atoms with van der Waals surface area (Å²) >= 11 is 0. The quantitative estimate of drug-likeness (QED) is 0.467. The fraction of sp³-hybridized carbons (Fsp3) is 0.263. The summed E-state index contributed by atoms with van der Waals surface area (Å²) in [6, 6.07) is 10.2. The molecule has 8 nitrogen and oxygen atoms in total. The molecule has 1 aliphatic rings. The molecule has 0 aliphatic carbocycles. The minimum atomic E-state index is -0.806. The fourth-order valence-corrected chi connectivity index (χ4v) is 3.24. The summed E-state index contributed by atoms with van der Waals surface area (Å²) in [5.41, 5.74) is 1.14. The van der Waals surface area contributed by atoms with Gasteiger partial charge in [-0.2, -0.15) is 0 Å². The number of carbonyl (C=O) groups is 2. The maximum absolute atomic E-state index is 12.7. The number of nitrogens with zero attached hydrogens (tertiary/aromatic N) is 1. The average Bonchev–Trinajstić information content (AvgIpc) is 2.61. The van der Waals surface area contributed by atoms with Crippen molar-refractivity contribution in [1.82, 2.24) is 0 Å². The third-order valence-electron chi connectivity index (χ3n) is 4.43. The van der Waals surface area contributed by atoms with Gasteiger partial charge in [-0.15, -0.1) is 0 Å². The second-order valence-electron chi connectivity index (χ2n) is 6.10. The van der Waals surface area contributed by atoms with Crippen molar-refractivity contribution in [3.05, 3.63) is 58.8 Å². The van der Waals surface area contributed by atoms with Gasteiger partial charge in [0.15, 0.2) is 0 Å². The van der Waals surface area contributed by atoms with E-state index in [0.717, 1.165) is 0 Å². The molecule has 0 aromatic heterocycles. The summed E-state index contributed by atoms with van der Waals surface area (Å²) in [7, 11) is 0. The van der Waals surface area contributed by atoms with E-state index in [4.69, 9.17) is 14.7 Å². The summed E-state index contributed by atoms with van der Waals surface area (Å²) in [6.45, 7) is 1.91. The Morgan fingerprint density at radius 1 is 1.26 bits per heavy atom. The van der Waals surface area contributed by atoms with Crippen LogP contribution in [-0.2, 0) is 14.3 Å². The highest BCUT2D eigenvalue weighted by Crippen LogP contribution is 2.46. The van der Waals surface area contributed by atoms with E-state index in [1.165, 1.54) is 36.4 Å². The second-order valence-corrected chi connectivity index (χ2v) is 6.10. The van der Waals surface area contributed by atoms with Crippen LogP contribution in [0.5, 0.6) is 11.5 Å². The predicted octanol–water partition coefficient (Wildman–Crippen LogP) is 2.83. The molecule has 0 saturated carbocycles. The first kappa shape index (κ1) is 18.7. The summed E-state index contributed by atoms with van der Waals surface area (Å²) in [5, 5.41) is 29.3. The maximum atomic E-state index is 12.7. The number of hydrogen-bond donors (Lipinski definition) is 2. The number of benzene rings is 2. The number of fused-ring (bicyclic) bond motifs is 1. The van der Waals surface area contributed by atoms with Crippen molar-refractivity contribution in [3.8, 4) is 11.5 Å². The van der Waals surface area contributed by atoms with Crippen LogP contribution < -0.4 is 9.96 Å². The molecule has 2 atom stereocenters.